The van der Waals surface area contributed by atoms with Crippen molar-refractivity contribution in [1.29, 1.82) is 0 Å². The lowest BCUT2D eigenvalue weighted by molar-refractivity contribution is 1.02. The Morgan fingerprint density at radius 1 is 1.29 bits per heavy atom. The zero-order valence-electron chi connectivity index (χ0n) is 7.72. The summed E-state index contributed by atoms with van der Waals surface area (Å²) < 4.78 is 0. The van der Waals surface area contributed by atoms with Gasteiger partial charge in [0.1, 0.15) is 0 Å². The Labute approximate surface area is 82.9 Å². The molecule has 68 valence electrons. The maximum atomic E-state index is 4.33. The smallest absolute Gasteiger partial charge is 0.0752 e. The molecule has 0 bridgehead atoms. The van der Waals surface area contributed by atoms with Gasteiger partial charge < -0.3 is 0 Å². The van der Waals surface area contributed by atoms with Gasteiger partial charge in [-0.25, -0.2) is 5.01 Å². The molecule has 0 aliphatic carbocycles. The van der Waals surface area contributed by atoms with Crippen LogP contribution < -0.4 is 5.01 Å². The van der Waals surface area contributed by atoms with Crippen molar-refractivity contribution < 1.29 is 0 Å². The number of hydrogen-bond acceptors (Lipinski definition) is 2. The minimum Gasteiger partial charge on any atom is -0.240 e. The molecule has 0 unspecified atom stereocenters. The molecule has 0 atom stereocenters. The first-order chi connectivity index (χ1) is 6.95. The van der Waals surface area contributed by atoms with Crippen LogP contribution in [-0.2, 0) is 6.42 Å². The van der Waals surface area contributed by atoms with Crippen molar-refractivity contribution in [2.75, 3.05) is 5.01 Å². The van der Waals surface area contributed by atoms with E-state index in [2.05, 4.69) is 35.5 Å². The van der Waals surface area contributed by atoms with Gasteiger partial charge in [0.25, 0.3) is 0 Å². The lowest BCUT2D eigenvalue weighted by atomic mass is 10.0. The average molecular weight is 182 g/mol. The summed E-state index contributed by atoms with van der Waals surface area (Å²) in [6.07, 6.45) is 11.1. The van der Waals surface area contributed by atoms with Gasteiger partial charge in [0, 0.05) is 18.0 Å². The third kappa shape index (κ3) is 1.01. The van der Waals surface area contributed by atoms with Gasteiger partial charge in [0.2, 0.25) is 0 Å². The zero-order valence-corrected chi connectivity index (χ0v) is 7.72. The number of anilines is 1. The third-order valence-corrected chi connectivity index (χ3v) is 2.52. The van der Waals surface area contributed by atoms with Gasteiger partial charge in [-0.15, -0.1) is 0 Å². The normalized spacial score (nSPS) is 16.7. The molecule has 0 fully saturated rings. The van der Waals surface area contributed by atoms with Crippen molar-refractivity contribution in [3.05, 3.63) is 47.7 Å². The van der Waals surface area contributed by atoms with E-state index in [4.69, 9.17) is 0 Å². The van der Waals surface area contributed by atoms with Crippen LogP contribution in [0.3, 0.4) is 0 Å². The summed E-state index contributed by atoms with van der Waals surface area (Å²) >= 11 is 0. The number of hydrogen-bond donors (Lipinski definition) is 0. The van der Waals surface area contributed by atoms with E-state index >= 15 is 0 Å². The number of benzene rings is 1. The Morgan fingerprint density at radius 3 is 3.29 bits per heavy atom. The van der Waals surface area contributed by atoms with E-state index in [0.29, 0.717) is 0 Å². The number of para-hydroxylation sites is 1. The molecule has 0 amide bonds. The van der Waals surface area contributed by atoms with Gasteiger partial charge in [-0.05, 0) is 18.1 Å². The highest BCUT2D eigenvalue weighted by Crippen LogP contribution is 2.31. The molecule has 2 heterocycles. The van der Waals surface area contributed by atoms with Crippen molar-refractivity contribution in [1.82, 2.24) is 0 Å². The maximum absolute atomic E-state index is 4.33. The van der Waals surface area contributed by atoms with Gasteiger partial charge in [0.15, 0.2) is 0 Å². The second-order valence-electron chi connectivity index (χ2n) is 3.41. The fourth-order valence-corrected chi connectivity index (χ4v) is 1.90. The monoisotopic (exact) mass is 182 g/mol. The summed E-state index contributed by atoms with van der Waals surface area (Å²) in [6, 6.07) is 6.38. The molecule has 0 aromatic heterocycles. The third-order valence-electron chi connectivity index (χ3n) is 2.52. The fourth-order valence-electron chi connectivity index (χ4n) is 1.90. The molecule has 0 N–H and O–H groups in total. The van der Waals surface area contributed by atoms with Gasteiger partial charge >= 0.3 is 0 Å². The highest BCUT2D eigenvalue weighted by Gasteiger charge is 2.15. The number of rotatable bonds is 0. The lowest BCUT2D eigenvalue weighted by Gasteiger charge is -2.22. The Bertz CT molecular complexity index is 455. The molecule has 2 heteroatoms. The molecule has 2 aliphatic rings. The van der Waals surface area contributed by atoms with Crippen LogP contribution in [0.1, 0.15) is 11.1 Å². The Morgan fingerprint density at radius 2 is 2.29 bits per heavy atom. The molecule has 2 nitrogen and oxygen atoms in total. The van der Waals surface area contributed by atoms with Crippen LogP contribution >= 0.6 is 0 Å². The highest BCUT2D eigenvalue weighted by molar-refractivity contribution is 5.86. The molecule has 0 saturated carbocycles. The van der Waals surface area contributed by atoms with Crippen molar-refractivity contribution in [3.8, 4) is 0 Å². The SMILES string of the molecule is C1=Cc2cccc3c2N(C=CC3)N=C1. The Hall–Kier alpha value is -1.83. The van der Waals surface area contributed by atoms with Crippen LogP contribution in [-0.4, -0.2) is 6.21 Å². The lowest BCUT2D eigenvalue weighted by Crippen LogP contribution is -2.14. The predicted octanol–water partition coefficient (Wildman–Crippen LogP) is 2.58. The van der Waals surface area contributed by atoms with Crippen LogP contribution in [0, 0.1) is 0 Å². The first kappa shape index (κ1) is 7.56. The minimum absolute atomic E-state index is 1.00. The molecule has 2 aliphatic heterocycles. The summed E-state index contributed by atoms with van der Waals surface area (Å²) in [7, 11) is 0. The standard InChI is InChI=1S/C12H10N2/c1-4-10-6-2-8-13-14-9-3-7-11(5-1)12(10)14/h1-6,8-9H,7H2. The van der Waals surface area contributed by atoms with E-state index in [1.54, 1.807) is 0 Å². The fraction of sp³-hybridized carbons (Fsp3) is 0.0833. The molecule has 1 aromatic carbocycles. The summed E-state index contributed by atoms with van der Waals surface area (Å²) in [6.45, 7) is 0. The number of nitrogens with zero attached hydrogens (tertiary/aromatic N) is 2. The number of hydrazone groups is 1. The van der Waals surface area contributed by atoms with Gasteiger partial charge in [-0.2, -0.15) is 5.10 Å². The van der Waals surface area contributed by atoms with Crippen LogP contribution in [0.15, 0.2) is 41.7 Å². The second-order valence-corrected chi connectivity index (χ2v) is 3.41. The number of allylic oxidation sites excluding steroid dienone is 2. The summed E-state index contributed by atoms with van der Waals surface area (Å²) in [5.41, 5.74) is 3.80. The molecule has 3 rings (SSSR count). The quantitative estimate of drug-likeness (QED) is 0.602. The first-order valence-electron chi connectivity index (χ1n) is 4.73. The molecule has 0 saturated heterocycles. The van der Waals surface area contributed by atoms with Gasteiger partial charge in [0.05, 0.1) is 5.69 Å². The highest BCUT2D eigenvalue weighted by atomic mass is 15.4. The Balaban J connectivity index is 2.30. The van der Waals surface area contributed by atoms with Crippen molar-refractivity contribution >= 4 is 18.0 Å². The summed E-state index contributed by atoms with van der Waals surface area (Å²) in [5, 5.41) is 6.27. The Kier molecular flexibility index (Phi) is 1.53. The van der Waals surface area contributed by atoms with Crippen LogP contribution in [0.5, 0.6) is 0 Å². The maximum Gasteiger partial charge on any atom is 0.0752 e. The molecular weight excluding hydrogens is 172 g/mol. The van der Waals surface area contributed by atoms with E-state index in [9.17, 15) is 0 Å². The zero-order chi connectivity index (χ0) is 9.38. The second kappa shape index (κ2) is 2.84. The van der Waals surface area contributed by atoms with Gasteiger partial charge in [-0.1, -0.05) is 30.4 Å². The van der Waals surface area contributed by atoms with E-state index in [1.165, 1.54) is 16.8 Å². The minimum atomic E-state index is 1.00. The summed E-state index contributed by atoms with van der Waals surface area (Å²) in [5.74, 6) is 0. The van der Waals surface area contributed by atoms with Crippen molar-refractivity contribution in [2.45, 2.75) is 6.42 Å². The topological polar surface area (TPSA) is 15.6 Å². The molecule has 1 aromatic rings. The summed E-state index contributed by atoms with van der Waals surface area (Å²) in [4.78, 5) is 0. The van der Waals surface area contributed by atoms with Crippen molar-refractivity contribution in [3.63, 3.8) is 0 Å². The van der Waals surface area contributed by atoms with Crippen molar-refractivity contribution in [2.24, 2.45) is 5.10 Å². The predicted molar refractivity (Wildman–Crippen MR) is 59.3 cm³/mol. The van der Waals surface area contributed by atoms with Gasteiger partial charge in [-0.3, -0.25) is 0 Å². The molecule has 0 spiro atoms. The van der Waals surface area contributed by atoms with Crippen LogP contribution in [0.25, 0.3) is 6.08 Å². The largest absolute Gasteiger partial charge is 0.240 e. The van der Waals surface area contributed by atoms with E-state index < -0.39 is 0 Å². The van der Waals surface area contributed by atoms with E-state index in [1.807, 2.05) is 23.5 Å². The van der Waals surface area contributed by atoms with Crippen LogP contribution in [0.4, 0.5) is 5.69 Å². The van der Waals surface area contributed by atoms with E-state index in [-0.39, 0.29) is 0 Å². The van der Waals surface area contributed by atoms with E-state index in [0.717, 1.165) is 6.42 Å². The van der Waals surface area contributed by atoms with Crippen LogP contribution in [0.2, 0.25) is 0 Å². The molecule has 0 radical (unpaired) electrons. The molecular formula is C12H10N2. The average Bonchev–Trinajstić information content (AvgIpc) is 2.44. The first-order valence-corrected chi connectivity index (χ1v) is 4.73. The molecule has 14 heavy (non-hydrogen) atoms.